The monoisotopic (exact) mass is 239 g/mol. The summed E-state index contributed by atoms with van der Waals surface area (Å²) >= 11 is 1.63. The lowest BCUT2D eigenvalue weighted by molar-refractivity contribution is 0.210. The largest absolute Gasteiger partial charge is 0.383 e. The maximum atomic E-state index is 5.07. The Hall–Kier alpha value is -1.40. The number of thiophene rings is 1. The van der Waals surface area contributed by atoms with Gasteiger partial charge in [0.05, 0.1) is 6.61 Å². The highest BCUT2D eigenvalue weighted by Crippen LogP contribution is 2.24. The molecule has 1 N–H and O–H groups in total. The molecule has 2 heterocycles. The second-order valence-electron chi connectivity index (χ2n) is 3.31. The van der Waals surface area contributed by atoms with E-state index in [2.05, 4.69) is 20.8 Å². The second kappa shape index (κ2) is 5.09. The zero-order valence-corrected chi connectivity index (χ0v) is 10.0. The Morgan fingerprint density at radius 1 is 1.50 bits per heavy atom. The predicted molar refractivity (Wildman–Crippen MR) is 62.7 cm³/mol. The number of ether oxygens (including phenoxy) is 1. The highest BCUT2D eigenvalue weighted by molar-refractivity contribution is 7.08. The summed E-state index contributed by atoms with van der Waals surface area (Å²) < 4.78 is 9.98. The molecule has 0 saturated carbocycles. The molecule has 0 fully saturated rings. The zero-order chi connectivity index (χ0) is 11.4. The van der Waals surface area contributed by atoms with Gasteiger partial charge in [0.1, 0.15) is 0 Å². The SMILES string of the molecule is COCCNc1nc(-c2cscc2C)no1. The average Bonchev–Trinajstić information content (AvgIpc) is 2.87. The van der Waals surface area contributed by atoms with Crippen LogP contribution in [-0.2, 0) is 4.74 Å². The Kier molecular flexibility index (Phi) is 3.53. The first-order chi connectivity index (χ1) is 7.81. The maximum absolute atomic E-state index is 5.07. The third-order valence-electron chi connectivity index (χ3n) is 2.10. The van der Waals surface area contributed by atoms with E-state index >= 15 is 0 Å². The minimum atomic E-state index is 0.428. The van der Waals surface area contributed by atoms with Crippen molar-refractivity contribution in [2.24, 2.45) is 0 Å². The number of hydrogen-bond donors (Lipinski definition) is 1. The average molecular weight is 239 g/mol. The number of hydrogen-bond acceptors (Lipinski definition) is 6. The third-order valence-corrected chi connectivity index (χ3v) is 2.97. The van der Waals surface area contributed by atoms with Crippen LogP contribution in [0.25, 0.3) is 11.4 Å². The third kappa shape index (κ3) is 2.40. The van der Waals surface area contributed by atoms with E-state index in [-0.39, 0.29) is 0 Å². The minimum Gasteiger partial charge on any atom is -0.383 e. The molecule has 5 nitrogen and oxygen atoms in total. The van der Waals surface area contributed by atoms with Crippen molar-refractivity contribution < 1.29 is 9.26 Å². The van der Waals surface area contributed by atoms with Gasteiger partial charge in [-0.1, -0.05) is 5.16 Å². The Bertz CT molecular complexity index is 452. The Labute approximate surface area is 97.4 Å². The molecule has 0 bridgehead atoms. The summed E-state index contributed by atoms with van der Waals surface area (Å²) in [4.78, 5) is 4.25. The molecule has 16 heavy (non-hydrogen) atoms. The van der Waals surface area contributed by atoms with Crippen molar-refractivity contribution in [1.29, 1.82) is 0 Å². The van der Waals surface area contributed by atoms with E-state index in [9.17, 15) is 0 Å². The molecule has 0 spiro atoms. The van der Waals surface area contributed by atoms with Crippen molar-refractivity contribution in [3.05, 3.63) is 16.3 Å². The van der Waals surface area contributed by atoms with Crippen LogP contribution in [0.5, 0.6) is 0 Å². The van der Waals surface area contributed by atoms with E-state index in [0.717, 1.165) is 11.1 Å². The summed E-state index contributed by atoms with van der Waals surface area (Å²) in [7, 11) is 1.65. The summed E-state index contributed by atoms with van der Waals surface area (Å²) in [5.41, 5.74) is 2.18. The lowest BCUT2D eigenvalue weighted by atomic mass is 10.2. The Morgan fingerprint density at radius 2 is 2.38 bits per heavy atom. The zero-order valence-electron chi connectivity index (χ0n) is 9.19. The number of aryl methyl sites for hydroxylation is 1. The molecule has 0 aliphatic rings. The van der Waals surface area contributed by atoms with Gasteiger partial charge in [0, 0.05) is 24.6 Å². The molecule has 0 saturated heterocycles. The van der Waals surface area contributed by atoms with E-state index < -0.39 is 0 Å². The molecule has 0 amide bonds. The van der Waals surface area contributed by atoms with Gasteiger partial charge in [0.15, 0.2) is 0 Å². The van der Waals surface area contributed by atoms with Gasteiger partial charge in [0.25, 0.3) is 0 Å². The van der Waals surface area contributed by atoms with Crippen molar-refractivity contribution in [2.75, 3.05) is 25.6 Å². The standard InChI is InChI=1S/C10H13N3O2S/c1-7-5-16-6-8(7)9-12-10(15-13-9)11-3-4-14-2/h5-6H,3-4H2,1-2H3,(H,11,12,13). The van der Waals surface area contributed by atoms with Gasteiger partial charge in [-0.15, -0.1) is 0 Å². The number of nitrogens with one attached hydrogen (secondary N) is 1. The lowest BCUT2D eigenvalue weighted by Crippen LogP contribution is -2.07. The van der Waals surface area contributed by atoms with Crippen LogP contribution in [0.1, 0.15) is 5.56 Å². The van der Waals surface area contributed by atoms with E-state index in [4.69, 9.17) is 9.26 Å². The topological polar surface area (TPSA) is 60.2 Å². The number of anilines is 1. The van der Waals surface area contributed by atoms with Crippen molar-refractivity contribution in [3.8, 4) is 11.4 Å². The molecule has 0 aliphatic heterocycles. The molecule has 2 rings (SSSR count). The summed E-state index contributed by atoms with van der Waals surface area (Å²) in [5, 5.41) is 11.0. The van der Waals surface area contributed by atoms with Crippen LogP contribution in [0.2, 0.25) is 0 Å². The molecule has 0 unspecified atom stereocenters. The van der Waals surface area contributed by atoms with Gasteiger partial charge in [-0.05, 0) is 17.9 Å². The van der Waals surface area contributed by atoms with Crippen LogP contribution in [0, 0.1) is 6.92 Å². The normalized spacial score (nSPS) is 10.6. The van der Waals surface area contributed by atoms with Gasteiger partial charge in [-0.3, -0.25) is 0 Å². The quantitative estimate of drug-likeness (QED) is 0.810. The molecule has 0 radical (unpaired) electrons. The van der Waals surface area contributed by atoms with E-state index in [0.29, 0.717) is 25.0 Å². The van der Waals surface area contributed by atoms with Gasteiger partial charge in [0.2, 0.25) is 5.82 Å². The van der Waals surface area contributed by atoms with E-state index in [1.165, 1.54) is 0 Å². The van der Waals surface area contributed by atoms with Gasteiger partial charge >= 0.3 is 6.01 Å². The summed E-state index contributed by atoms with van der Waals surface area (Å²) in [6.45, 7) is 3.29. The van der Waals surface area contributed by atoms with Crippen LogP contribution in [0.4, 0.5) is 6.01 Å². The molecule has 86 valence electrons. The molecule has 0 atom stereocenters. The summed E-state index contributed by atoms with van der Waals surface area (Å²) in [6.07, 6.45) is 0. The Morgan fingerprint density at radius 3 is 3.06 bits per heavy atom. The number of aromatic nitrogens is 2. The van der Waals surface area contributed by atoms with E-state index in [1.807, 2.05) is 12.3 Å². The van der Waals surface area contributed by atoms with Crippen molar-refractivity contribution in [3.63, 3.8) is 0 Å². The fourth-order valence-corrected chi connectivity index (χ4v) is 2.08. The molecule has 2 aromatic rings. The van der Waals surface area contributed by atoms with Crippen molar-refractivity contribution >= 4 is 17.4 Å². The summed E-state index contributed by atoms with van der Waals surface area (Å²) in [5.74, 6) is 0.624. The fourth-order valence-electron chi connectivity index (χ4n) is 1.25. The van der Waals surface area contributed by atoms with Crippen molar-refractivity contribution in [1.82, 2.24) is 10.1 Å². The molecular formula is C10H13N3O2S. The first kappa shape index (κ1) is 11.1. The van der Waals surface area contributed by atoms with Crippen LogP contribution >= 0.6 is 11.3 Å². The number of nitrogens with zero attached hydrogens (tertiary/aromatic N) is 2. The molecular weight excluding hydrogens is 226 g/mol. The molecule has 0 aromatic carbocycles. The van der Waals surface area contributed by atoms with Gasteiger partial charge < -0.3 is 14.6 Å². The van der Waals surface area contributed by atoms with Gasteiger partial charge in [-0.2, -0.15) is 16.3 Å². The maximum Gasteiger partial charge on any atom is 0.321 e. The highest BCUT2D eigenvalue weighted by atomic mass is 32.1. The molecule has 2 aromatic heterocycles. The lowest BCUT2D eigenvalue weighted by Gasteiger charge is -1.97. The number of methoxy groups -OCH3 is 1. The minimum absolute atomic E-state index is 0.428. The second-order valence-corrected chi connectivity index (χ2v) is 4.05. The summed E-state index contributed by atoms with van der Waals surface area (Å²) in [6, 6.07) is 0.428. The van der Waals surface area contributed by atoms with Crippen molar-refractivity contribution in [2.45, 2.75) is 6.92 Å². The number of rotatable bonds is 5. The smallest absolute Gasteiger partial charge is 0.321 e. The molecule has 6 heteroatoms. The van der Waals surface area contributed by atoms with Crippen LogP contribution in [0.3, 0.4) is 0 Å². The predicted octanol–water partition coefficient (Wildman–Crippen LogP) is 2.16. The molecule has 0 aliphatic carbocycles. The highest BCUT2D eigenvalue weighted by Gasteiger charge is 2.10. The fraction of sp³-hybridized carbons (Fsp3) is 0.400. The Balaban J connectivity index is 2.05. The first-order valence-corrected chi connectivity index (χ1v) is 5.85. The van der Waals surface area contributed by atoms with Gasteiger partial charge in [-0.25, -0.2) is 0 Å². The first-order valence-electron chi connectivity index (χ1n) is 4.91. The van der Waals surface area contributed by atoms with E-state index in [1.54, 1.807) is 18.4 Å². The van der Waals surface area contributed by atoms with Crippen LogP contribution < -0.4 is 5.32 Å². The van der Waals surface area contributed by atoms with Crippen LogP contribution in [0.15, 0.2) is 15.3 Å². The van der Waals surface area contributed by atoms with Crippen LogP contribution in [-0.4, -0.2) is 30.4 Å².